The van der Waals surface area contributed by atoms with Gasteiger partial charge in [-0.15, -0.1) is 11.3 Å². The molecule has 25 heavy (non-hydrogen) atoms. The number of carbonyl (C=O) groups is 2. The van der Waals surface area contributed by atoms with Crippen molar-refractivity contribution in [1.29, 1.82) is 0 Å². The van der Waals surface area contributed by atoms with Crippen LogP contribution >= 0.6 is 11.3 Å². The van der Waals surface area contributed by atoms with Crippen LogP contribution in [-0.4, -0.2) is 41.3 Å². The first-order valence-corrected chi connectivity index (χ1v) is 10.4. The van der Waals surface area contributed by atoms with E-state index in [9.17, 15) is 9.59 Å². The van der Waals surface area contributed by atoms with Crippen molar-refractivity contribution in [1.82, 2.24) is 15.2 Å². The van der Waals surface area contributed by atoms with Gasteiger partial charge in [0.05, 0.1) is 10.7 Å². The van der Waals surface area contributed by atoms with Crippen LogP contribution in [0.3, 0.4) is 0 Å². The van der Waals surface area contributed by atoms with Crippen LogP contribution in [0.5, 0.6) is 0 Å². The van der Waals surface area contributed by atoms with Gasteiger partial charge < -0.3 is 10.2 Å². The topological polar surface area (TPSA) is 62.3 Å². The highest BCUT2D eigenvalue weighted by Crippen LogP contribution is 2.30. The molecule has 2 heterocycles. The van der Waals surface area contributed by atoms with E-state index in [-0.39, 0.29) is 23.7 Å². The maximum Gasteiger partial charge on any atom is 0.225 e. The fourth-order valence-corrected chi connectivity index (χ4v) is 4.48. The Morgan fingerprint density at radius 1 is 1.32 bits per heavy atom. The largest absolute Gasteiger partial charge is 0.355 e. The summed E-state index contributed by atoms with van der Waals surface area (Å²) in [5, 5.41) is 6.27. The van der Waals surface area contributed by atoms with Crippen LogP contribution < -0.4 is 5.32 Å². The van der Waals surface area contributed by atoms with Gasteiger partial charge in [-0.1, -0.05) is 20.3 Å². The summed E-state index contributed by atoms with van der Waals surface area (Å²) >= 11 is 1.70. The summed E-state index contributed by atoms with van der Waals surface area (Å²) in [7, 11) is 0. The lowest BCUT2D eigenvalue weighted by Crippen LogP contribution is -2.41. The number of thiazole rings is 1. The van der Waals surface area contributed by atoms with Gasteiger partial charge in [0, 0.05) is 49.2 Å². The summed E-state index contributed by atoms with van der Waals surface area (Å²) in [5.41, 5.74) is 1.06. The number of rotatable bonds is 6. The lowest BCUT2D eigenvalue weighted by Gasteiger charge is -2.33. The fourth-order valence-electron chi connectivity index (χ4n) is 3.50. The Morgan fingerprint density at radius 2 is 2.12 bits per heavy atom. The molecule has 3 rings (SSSR count). The Morgan fingerprint density at radius 3 is 2.80 bits per heavy atom. The molecule has 1 aromatic rings. The molecule has 2 aliphatic rings. The second kappa shape index (κ2) is 8.30. The van der Waals surface area contributed by atoms with Crippen molar-refractivity contribution in [2.45, 2.75) is 58.3 Å². The van der Waals surface area contributed by atoms with Gasteiger partial charge in [-0.25, -0.2) is 4.98 Å². The van der Waals surface area contributed by atoms with Gasteiger partial charge in [0.25, 0.3) is 0 Å². The van der Waals surface area contributed by atoms with Gasteiger partial charge in [0.15, 0.2) is 0 Å². The third kappa shape index (κ3) is 4.60. The lowest BCUT2D eigenvalue weighted by molar-refractivity contribution is -0.135. The van der Waals surface area contributed by atoms with Crippen LogP contribution in [0.25, 0.3) is 0 Å². The Balaban J connectivity index is 1.48. The van der Waals surface area contributed by atoms with E-state index >= 15 is 0 Å². The quantitative estimate of drug-likeness (QED) is 0.845. The number of nitrogens with one attached hydrogen (secondary N) is 1. The van der Waals surface area contributed by atoms with Crippen LogP contribution in [0.4, 0.5) is 0 Å². The molecule has 1 saturated heterocycles. The SMILES string of the molecule is CC(C)C(=O)N1CCCC(c2nc(CCNC(=O)C3CCC3)cs2)C1. The molecule has 1 saturated carbocycles. The third-order valence-corrected chi connectivity index (χ3v) is 6.36. The van der Waals surface area contributed by atoms with Gasteiger partial charge in [-0.2, -0.15) is 0 Å². The highest BCUT2D eigenvalue weighted by atomic mass is 32.1. The van der Waals surface area contributed by atoms with E-state index in [1.807, 2.05) is 18.7 Å². The Hall–Kier alpha value is -1.43. The molecule has 6 heteroatoms. The zero-order valence-corrected chi connectivity index (χ0v) is 16.1. The van der Waals surface area contributed by atoms with Crippen molar-refractivity contribution in [2.75, 3.05) is 19.6 Å². The minimum Gasteiger partial charge on any atom is -0.355 e. The number of aromatic nitrogens is 1. The molecule has 0 spiro atoms. The van der Waals surface area contributed by atoms with Crippen molar-refractivity contribution in [2.24, 2.45) is 11.8 Å². The maximum atomic E-state index is 12.2. The molecule has 1 atom stereocenters. The molecular weight excluding hydrogens is 334 g/mol. The monoisotopic (exact) mass is 363 g/mol. The molecule has 1 aliphatic heterocycles. The van der Waals surface area contributed by atoms with Gasteiger partial charge >= 0.3 is 0 Å². The van der Waals surface area contributed by atoms with Crippen LogP contribution in [0.2, 0.25) is 0 Å². The number of carbonyl (C=O) groups excluding carboxylic acids is 2. The van der Waals surface area contributed by atoms with Gasteiger partial charge in [-0.3, -0.25) is 9.59 Å². The van der Waals surface area contributed by atoms with Crippen molar-refractivity contribution < 1.29 is 9.59 Å². The molecule has 0 radical (unpaired) electrons. The summed E-state index contributed by atoms with van der Waals surface area (Å²) in [6.07, 6.45) is 6.21. The van der Waals surface area contributed by atoms with E-state index in [1.165, 1.54) is 6.42 Å². The third-order valence-electron chi connectivity index (χ3n) is 5.30. The van der Waals surface area contributed by atoms with Crippen molar-refractivity contribution in [3.63, 3.8) is 0 Å². The molecule has 1 unspecified atom stereocenters. The number of piperidine rings is 1. The predicted octanol–water partition coefficient (Wildman–Crippen LogP) is 2.96. The van der Waals surface area contributed by atoms with Crippen molar-refractivity contribution >= 4 is 23.2 Å². The Labute approximate surface area is 154 Å². The highest BCUT2D eigenvalue weighted by Gasteiger charge is 2.28. The molecule has 2 fully saturated rings. The van der Waals surface area contributed by atoms with Crippen LogP contribution in [0.15, 0.2) is 5.38 Å². The number of nitrogens with zero attached hydrogens (tertiary/aromatic N) is 2. The number of likely N-dealkylation sites (tertiary alicyclic amines) is 1. The van der Waals surface area contributed by atoms with Crippen LogP contribution in [-0.2, 0) is 16.0 Å². The van der Waals surface area contributed by atoms with Crippen LogP contribution in [0, 0.1) is 11.8 Å². The molecule has 138 valence electrons. The summed E-state index contributed by atoms with van der Waals surface area (Å²) in [5.74, 6) is 1.12. The first-order valence-electron chi connectivity index (χ1n) is 9.55. The van der Waals surface area contributed by atoms with E-state index in [4.69, 9.17) is 4.98 Å². The van der Waals surface area contributed by atoms with Gasteiger partial charge in [0.1, 0.15) is 0 Å². The molecule has 2 amide bonds. The van der Waals surface area contributed by atoms with Crippen molar-refractivity contribution in [3.05, 3.63) is 16.1 Å². The molecule has 5 nitrogen and oxygen atoms in total. The maximum absolute atomic E-state index is 12.2. The zero-order chi connectivity index (χ0) is 17.8. The fraction of sp³-hybridized carbons (Fsp3) is 0.737. The molecule has 1 aromatic heterocycles. The second-order valence-electron chi connectivity index (χ2n) is 7.62. The van der Waals surface area contributed by atoms with Gasteiger partial charge in [-0.05, 0) is 25.7 Å². The smallest absolute Gasteiger partial charge is 0.225 e. The van der Waals surface area contributed by atoms with E-state index in [0.29, 0.717) is 12.5 Å². The Bertz CT molecular complexity index is 610. The summed E-state index contributed by atoms with van der Waals surface area (Å²) < 4.78 is 0. The standard InChI is InChI=1S/C19H29N3O2S/c1-13(2)19(24)22-10-4-7-15(11-22)18-21-16(12-25-18)8-9-20-17(23)14-5-3-6-14/h12-15H,3-11H2,1-2H3,(H,20,23). The normalized spacial score (nSPS) is 21.2. The zero-order valence-electron chi connectivity index (χ0n) is 15.3. The second-order valence-corrected chi connectivity index (χ2v) is 8.51. The summed E-state index contributed by atoms with van der Waals surface area (Å²) in [4.78, 5) is 30.9. The van der Waals surface area contributed by atoms with Crippen molar-refractivity contribution in [3.8, 4) is 0 Å². The minimum absolute atomic E-state index is 0.0601. The highest BCUT2D eigenvalue weighted by molar-refractivity contribution is 7.09. The average molecular weight is 364 g/mol. The molecular formula is C19H29N3O2S. The van der Waals surface area contributed by atoms with E-state index < -0.39 is 0 Å². The van der Waals surface area contributed by atoms with E-state index in [1.54, 1.807) is 11.3 Å². The minimum atomic E-state index is 0.0601. The Kier molecular flexibility index (Phi) is 6.10. The molecule has 0 bridgehead atoms. The summed E-state index contributed by atoms with van der Waals surface area (Å²) in [6, 6.07) is 0. The first kappa shape index (κ1) is 18.4. The number of hydrogen-bond acceptors (Lipinski definition) is 4. The number of hydrogen-bond donors (Lipinski definition) is 1. The summed E-state index contributed by atoms with van der Waals surface area (Å²) in [6.45, 7) is 6.26. The van der Waals surface area contributed by atoms with Gasteiger partial charge in [0.2, 0.25) is 11.8 Å². The first-order chi connectivity index (χ1) is 12.0. The molecule has 1 N–H and O–H groups in total. The number of amides is 2. The molecule has 0 aromatic carbocycles. The average Bonchev–Trinajstić information content (AvgIpc) is 3.01. The van der Waals surface area contributed by atoms with E-state index in [2.05, 4.69) is 10.7 Å². The predicted molar refractivity (Wildman–Crippen MR) is 99.6 cm³/mol. The van der Waals surface area contributed by atoms with E-state index in [0.717, 1.165) is 55.9 Å². The molecule has 1 aliphatic carbocycles. The lowest BCUT2D eigenvalue weighted by atomic mass is 9.85. The van der Waals surface area contributed by atoms with Crippen LogP contribution in [0.1, 0.15) is 62.6 Å².